The van der Waals surface area contributed by atoms with Crippen molar-refractivity contribution in [3.05, 3.63) is 6.42 Å². The first kappa shape index (κ1) is 7.10. The summed E-state index contributed by atoms with van der Waals surface area (Å²) < 4.78 is 0. The number of hydrogen-bond acceptors (Lipinski definition) is 0. The first-order chi connectivity index (χ1) is 2.30. The van der Waals surface area contributed by atoms with Crippen LogP contribution in [0.3, 0.4) is 0 Å². The molecule has 1 radical (unpaired) electrons. The summed E-state index contributed by atoms with van der Waals surface area (Å²) >= 11 is 0. The van der Waals surface area contributed by atoms with Crippen LogP contribution < -0.4 is 0 Å². The van der Waals surface area contributed by atoms with Gasteiger partial charge in [0.05, 0.1) is 0 Å². The molecule has 2 unspecified atom stereocenters. The van der Waals surface area contributed by atoms with Gasteiger partial charge in [0, 0.05) is 32.7 Å². The molecular weight excluding hydrogens is 149 g/mol. The summed E-state index contributed by atoms with van der Waals surface area (Å²) in [6.07, 6.45) is 2.33. The van der Waals surface area contributed by atoms with E-state index in [2.05, 4.69) is 20.3 Å². The predicted molar refractivity (Wildman–Crippen MR) is 22.6 cm³/mol. The molecule has 0 aliphatic heterocycles. The smallest absolute Gasteiger partial charge is 0 e. The van der Waals surface area contributed by atoms with E-state index in [9.17, 15) is 0 Å². The van der Waals surface area contributed by atoms with Crippen LogP contribution in [0.5, 0.6) is 0 Å². The van der Waals surface area contributed by atoms with Crippen molar-refractivity contribution in [1.82, 2.24) is 0 Å². The van der Waals surface area contributed by atoms with Crippen LogP contribution in [0.25, 0.3) is 0 Å². The van der Waals surface area contributed by atoms with E-state index in [4.69, 9.17) is 0 Å². The van der Waals surface area contributed by atoms with Crippen LogP contribution in [0.1, 0.15) is 13.8 Å². The van der Waals surface area contributed by atoms with E-state index in [1.807, 2.05) is 0 Å². The van der Waals surface area contributed by atoms with Gasteiger partial charge in [-0.25, -0.2) is 0 Å². The van der Waals surface area contributed by atoms with Gasteiger partial charge in [-0.05, 0) is 0 Å². The Balaban J connectivity index is 0.000000250. The molecule has 0 nitrogen and oxygen atoms in total. The fraction of sp³-hybridized carbons (Fsp3) is 0.800. The molecule has 33 valence electrons. The van der Waals surface area contributed by atoms with E-state index in [1.165, 1.54) is 0 Å². The molecule has 0 aromatic rings. The van der Waals surface area contributed by atoms with Crippen molar-refractivity contribution >= 4 is 0 Å². The van der Waals surface area contributed by atoms with Gasteiger partial charge in [-0.1, -0.05) is 13.8 Å². The zero-order valence-electron chi connectivity index (χ0n) is 4.31. The molecule has 0 bridgehead atoms. The van der Waals surface area contributed by atoms with Gasteiger partial charge in [0.1, 0.15) is 0 Å². The van der Waals surface area contributed by atoms with Crippen LogP contribution in [0.2, 0.25) is 0 Å². The first-order valence-electron chi connectivity index (χ1n) is 2.15. The molecule has 0 N–H and O–H groups in total. The van der Waals surface area contributed by atoms with Gasteiger partial charge in [0.25, 0.3) is 0 Å². The van der Waals surface area contributed by atoms with Crippen LogP contribution in [0, 0.1) is 18.3 Å². The Morgan fingerprint density at radius 2 is 1.33 bits per heavy atom. The topological polar surface area (TPSA) is 0 Å². The summed E-state index contributed by atoms with van der Waals surface area (Å²) in [7, 11) is 0. The fourth-order valence-corrected chi connectivity index (χ4v) is 0.415. The van der Waals surface area contributed by atoms with Crippen LogP contribution in [0.15, 0.2) is 0 Å². The van der Waals surface area contributed by atoms with Gasteiger partial charge < -0.3 is 6.42 Å². The third kappa shape index (κ3) is 1.70. The monoisotopic (exact) mass is 158 g/mol. The van der Waals surface area contributed by atoms with Crippen LogP contribution in [-0.4, -0.2) is 0 Å². The van der Waals surface area contributed by atoms with Gasteiger partial charge in [0.15, 0.2) is 0 Å². The van der Waals surface area contributed by atoms with Crippen molar-refractivity contribution in [3.8, 4) is 0 Å². The van der Waals surface area contributed by atoms with Gasteiger partial charge in [-0.3, -0.25) is 0 Å². The average Bonchev–Trinajstić information content (AvgIpc) is 1.79. The molecule has 0 aromatic carbocycles. The minimum Gasteiger partial charge on any atom is -0.327 e. The molecule has 1 rings (SSSR count). The molecule has 1 aliphatic carbocycles. The molecular formula is C5H9Y-. The third-order valence-electron chi connectivity index (χ3n) is 1.30. The van der Waals surface area contributed by atoms with E-state index in [0.29, 0.717) is 0 Å². The van der Waals surface area contributed by atoms with Gasteiger partial charge in [-0.2, -0.15) is 11.8 Å². The van der Waals surface area contributed by atoms with Gasteiger partial charge >= 0.3 is 0 Å². The molecule has 0 saturated heterocycles. The molecule has 2 atom stereocenters. The number of rotatable bonds is 0. The summed E-state index contributed by atoms with van der Waals surface area (Å²) in [5, 5.41) is 0. The van der Waals surface area contributed by atoms with Gasteiger partial charge in [-0.15, -0.1) is 0 Å². The van der Waals surface area contributed by atoms with Crippen molar-refractivity contribution in [3.63, 3.8) is 0 Å². The summed E-state index contributed by atoms with van der Waals surface area (Å²) in [5.74, 6) is 1.85. The van der Waals surface area contributed by atoms with Crippen molar-refractivity contribution in [2.45, 2.75) is 13.8 Å². The van der Waals surface area contributed by atoms with E-state index >= 15 is 0 Å². The quantitative estimate of drug-likeness (QED) is 0.468. The van der Waals surface area contributed by atoms with E-state index < -0.39 is 0 Å². The molecule has 1 fully saturated rings. The molecule has 1 saturated carbocycles. The maximum Gasteiger partial charge on any atom is 0 e. The van der Waals surface area contributed by atoms with E-state index in [1.54, 1.807) is 0 Å². The molecule has 6 heavy (non-hydrogen) atoms. The molecule has 1 heteroatoms. The van der Waals surface area contributed by atoms with E-state index in [0.717, 1.165) is 11.8 Å². The van der Waals surface area contributed by atoms with Crippen molar-refractivity contribution < 1.29 is 32.7 Å². The maximum atomic E-state index is 2.33. The zero-order chi connectivity index (χ0) is 3.86. The normalized spacial score (nSPS) is 41.0. The SMILES string of the molecule is CC1[CH-]C1C.[Y]. The maximum absolute atomic E-state index is 2.33. The average molecular weight is 158 g/mol. The molecule has 0 heterocycles. The Morgan fingerprint density at radius 3 is 1.33 bits per heavy atom. The Bertz CT molecular complexity index is 37.2. The third-order valence-corrected chi connectivity index (χ3v) is 1.30. The zero-order valence-corrected chi connectivity index (χ0v) is 7.15. The molecule has 0 amide bonds. The Kier molecular flexibility index (Phi) is 2.87. The second kappa shape index (κ2) is 2.42. The second-order valence-corrected chi connectivity index (χ2v) is 1.91. The summed E-state index contributed by atoms with van der Waals surface area (Å²) in [4.78, 5) is 0. The van der Waals surface area contributed by atoms with Crippen molar-refractivity contribution in [2.24, 2.45) is 11.8 Å². The summed E-state index contributed by atoms with van der Waals surface area (Å²) in [5.41, 5.74) is 0. The van der Waals surface area contributed by atoms with Crippen LogP contribution >= 0.6 is 0 Å². The fourth-order valence-electron chi connectivity index (χ4n) is 0.415. The molecule has 0 spiro atoms. The minimum atomic E-state index is 0. The number of hydrogen-bond donors (Lipinski definition) is 0. The largest absolute Gasteiger partial charge is 0.327 e. The first-order valence-corrected chi connectivity index (χ1v) is 2.15. The Labute approximate surface area is 64.6 Å². The molecule has 0 aromatic heterocycles. The summed E-state index contributed by atoms with van der Waals surface area (Å²) in [6.45, 7) is 4.48. The van der Waals surface area contributed by atoms with Crippen molar-refractivity contribution in [2.75, 3.05) is 0 Å². The minimum absolute atomic E-state index is 0. The Morgan fingerprint density at radius 1 is 1.17 bits per heavy atom. The molecule has 1 aliphatic rings. The van der Waals surface area contributed by atoms with Crippen molar-refractivity contribution in [1.29, 1.82) is 0 Å². The van der Waals surface area contributed by atoms with Gasteiger partial charge in [0.2, 0.25) is 0 Å². The van der Waals surface area contributed by atoms with Crippen LogP contribution in [0.4, 0.5) is 0 Å². The summed E-state index contributed by atoms with van der Waals surface area (Å²) in [6, 6.07) is 0. The van der Waals surface area contributed by atoms with E-state index in [-0.39, 0.29) is 32.7 Å². The second-order valence-electron chi connectivity index (χ2n) is 1.91. The standard InChI is InChI=1S/C5H9.Y/c1-4-3-5(4)2;/h3-5H,1-2H3;/q-1;. The predicted octanol–water partition coefficient (Wildman–Crippen LogP) is 1.47. The van der Waals surface area contributed by atoms with Crippen LogP contribution in [-0.2, 0) is 32.7 Å². The Hall–Kier alpha value is 1.10.